The first-order chi connectivity index (χ1) is 8.37. The minimum absolute atomic E-state index is 0.113. The van der Waals surface area contributed by atoms with Gasteiger partial charge in [-0.15, -0.1) is 0 Å². The van der Waals surface area contributed by atoms with Gasteiger partial charge >= 0.3 is 13.9 Å². The highest BCUT2D eigenvalue weighted by molar-refractivity contribution is 7.51. The third-order valence-electron chi connectivity index (χ3n) is 2.06. The van der Waals surface area contributed by atoms with Crippen molar-refractivity contribution in [3.8, 4) is 0 Å². The van der Waals surface area contributed by atoms with Crippen LogP contribution in [0, 0.1) is 0 Å². The normalized spacial score (nSPS) is 21.8. The van der Waals surface area contributed by atoms with E-state index in [0.717, 1.165) is 4.67 Å². The molecule has 1 aliphatic heterocycles. The number of nitrogens with zero attached hydrogens (tertiary/aromatic N) is 1. The number of morpholine rings is 1. The van der Waals surface area contributed by atoms with Gasteiger partial charge in [0.05, 0.1) is 19.8 Å². The first-order valence-electron chi connectivity index (χ1n) is 5.22. The highest BCUT2D eigenvalue weighted by Gasteiger charge is 2.39. The Morgan fingerprint density at radius 2 is 1.83 bits per heavy atom. The number of ether oxygens (including phenoxy) is 1. The molecular weight excluding hydrogens is 281 g/mol. The number of alkyl halides is 4. The molecule has 1 atom stereocenters. The second-order valence-electron chi connectivity index (χ2n) is 3.45. The van der Waals surface area contributed by atoms with Gasteiger partial charge in [-0.2, -0.15) is 13.2 Å². The Hall–Kier alpha value is -0.210. The average molecular weight is 295 g/mol. The van der Waals surface area contributed by atoms with E-state index in [2.05, 4.69) is 9.05 Å². The highest BCUT2D eigenvalue weighted by atomic mass is 31.2. The Balaban J connectivity index is 2.64. The highest BCUT2D eigenvalue weighted by Crippen LogP contribution is 2.52. The summed E-state index contributed by atoms with van der Waals surface area (Å²) in [5.74, 6) is 0. The molecule has 0 bridgehead atoms. The van der Waals surface area contributed by atoms with Crippen LogP contribution in [0.15, 0.2) is 0 Å². The fourth-order valence-electron chi connectivity index (χ4n) is 1.30. The minimum atomic E-state index is -4.62. The number of hydrogen-bond acceptors (Lipinski definition) is 4. The lowest BCUT2D eigenvalue weighted by Crippen LogP contribution is -2.36. The van der Waals surface area contributed by atoms with Crippen molar-refractivity contribution in [3.63, 3.8) is 0 Å². The summed E-state index contributed by atoms with van der Waals surface area (Å²) in [5.41, 5.74) is 0. The molecule has 0 aromatic carbocycles. The van der Waals surface area contributed by atoms with E-state index in [1.807, 2.05) is 0 Å². The lowest BCUT2D eigenvalue weighted by molar-refractivity contribution is -0.157. The number of rotatable bonds is 6. The molecule has 10 heteroatoms. The average Bonchev–Trinajstić information content (AvgIpc) is 2.34. The van der Waals surface area contributed by atoms with Crippen molar-refractivity contribution in [2.45, 2.75) is 6.18 Å². The van der Waals surface area contributed by atoms with Gasteiger partial charge in [-0.1, -0.05) is 0 Å². The lowest BCUT2D eigenvalue weighted by Gasteiger charge is -2.32. The molecule has 0 amide bonds. The zero-order valence-corrected chi connectivity index (χ0v) is 10.4. The Labute approximate surface area is 102 Å². The largest absolute Gasteiger partial charge is 0.412 e. The molecule has 1 aliphatic rings. The van der Waals surface area contributed by atoms with Crippen LogP contribution >= 0.6 is 7.75 Å². The van der Waals surface area contributed by atoms with Gasteiger partial charge in [-0.3, -0.25) is 9.05 Å². The van der Waals surface area contributed by atoms with Crippen LogP contribution in [0.2, 0.25) is 0 Å². The molecule has 1 rings (SSSR count). The van der Waals surface area contributed by atoms with E-state index >= 15 is 0 Å². The Morgan fingerprint density at radius 1 is 1.22 bits per heavy atom. The Bertz CT molecular complexity index is 295. The molecule has 108 valence electrons. The van der Waals surface area contributed by atoms with Gasteiger partial charge in [0.2, 0.25) is 0 Å². The number of hydrogen-bond donors (Lipinski definition) is 0. The van der Waals surface area contributed by atoms with Gasteiger partial charge in [0, 0.05) is 13.1 Å². The zero-order valence-electron chi connectivity index (χ0n) is 9.49. The van der Waals surface area contributed by atoms with Crippen molar-refractivity contribution in [1.29, 1.82) is 0 Å². The van der Waals surface area contributed by atoms with Crippen LogP contribution in [0.25, 0.3) is 0 Å². The third-order valence-corrected chi connectivity index (χ3v) is 4.11. The predicted molar refractivity (Wildman–Crippen MR) is 53.9 cm³/mol. The lowest BCUT2D eigenvalue weighted by atomic mass is 10.5. The molecule has 0 aliphatic carbocycles. The summed E-state index contributed by atoms with van der Waals surface area (Å²) in [6.45, 7) is -2.59. The molecule has 0 N–H and O–H groups in total. The van der Waals surface area contributed by atoms with Crippen LogP contribution in [-0.2, 0) is 18.3 Å². The zero-order chi connectivity index (χ0) is 13.6. The summed E-state index contributed by atoms with van der Waals surface area (Å²) in [6.07, 6.45) is -4.62. The molecule has 0 aromatic heterocycles. The summed E-state index contributed by atoms with van der Waals surface area (Å²) in [4.78, 5) is 0. The van der Waals surface area contributed by atoms with E-state index in [-0.39, 0.29) is 26.3 Å². The summed E-state index contributed by atoms with van der Waals surface area (Å²) < 4.78 is 75.4. The molecule has 1 saturated heterocycles. The van der Waals surface area contributed by atoms with Crippen LogP contribution in [0.1, 0.15) is 0 Å². The van der Waals surface area contributed by atoms with E-state index in [1.165, 1.54) is 0 Å². The molecule has 1 fully saturated rings. The SMILES string of the molecule is O=P(OCCF)(OCC(F)(F)F)N1CCOCC1. The Kier molecular flexibility index (Phi) is 6.00. The van der Waals surface area contributed by atoms with Crippen molar-refractivity contribution in [2.75, 3.05) is 46.2 Å². The maximum atomic E-state index is 12.1. The van der Waals surface area contributed by atoms with Gasteiger partial charge in [0.25, 0.3) is 0 Å². The molecule has 0 radical (unpaired) electrons. The molecule has 5 nitrogen and oxygen atoms in total. The van der Waals surface area contributed by atoms with Crippen molar-refractivity contribution < 1.29 is 35.9 Å². The molecule has 0 saturated carbocycles. The second-order valence-corrected chi connectivity index (χ2v) is 5.46. The second kappa shape index (κ2) is 6.81. The van der Waals surface area contributed by atoms with Gasteiger partial charge in [0.1, 0.15) is 6.67 Å². The summed E-state index contributed by atoms with van der Waals surface area (Å²) in [6, 6.07) is 0. The standard InChI is InChI=1S/C8H14F4NO4P/c9-1-4-16-18(14,17-7-8(10,11)12)13-2-5-15-6-3-13/h1-7H2. The van der Waals surface area contributed by atoms with Crippen molar-refractivity contribution in [1.82, 2.24) is 4.67 Å². The molecule has 18 heavy (non-hydrogen) atoms. The van der Waals surface area contributed by atoms with E-state index in [1.54, 1.807) is 0 Å². The molecule has 0 spiro atoms. The third kappa shape index (κ3) is 5.19. The molecular formula is C8H14F4NO4P. The van der Waals surface area contributed by atoms with Crippen molar-refractivity contribution >= 4 is 7.75 Å². The van der Waals surface area contributed by atoms with Crippen molar-refractivity contribution in [3.05, 3.63) is 0 Å². The first-order valence-corrected chi connectivity index (χ1v) is 6.72. The summed E-state index contributed by atoms with van der Waals surface area (Å²) >= 11 is 0. The van der Waals surface area contributed by atoms with Gasteiger partial charge in [0.15, 0.2) is 6.61 Å². The van der Waals surface area contributed by atoms with Gasteiger partial charge < -0.3 is 4.74 Å². The van der Waals surface area contributed by atoms with Crippen molar-refractivity contribution in [2.24, 2.45) is 0 Å². The summed E-state index contributed by atoms with van der Waals surface area (Å²) in [5, 5.41) is 0. The van der Waals surface area contributed by atoms with Crippen LogP contribution in [-0.4, -0.2) is 57.0 Å². The van der Waals surface area contributed by atoms with E-state index in [4.69, 9.17) is 4.74 Å². The Morgan fingerprint density at radius 3 is 2.33 bits per heavy atom. The minimum Gasteiger partial charge on any atom is -0.379 e. The van der Waals surface area contributed by atoms with Crippen LogP contribution in [0.5, 0.6) is 0 Å². The molecule has 1 heterocycles. The van der Waals surface area contributed by atoms with E-state index in [0.29, 0.717) is 0 Å². The van der Waals surface area contributed by atoms with E-state index < -0.39 is 33.8 Å². The quantitative estimate of drug-likeness (QED) is 0.554. The van der Waals surface area contributed by atoms with Crippen LogP contribution < -0.4 is 0 Å². The fraction of sp³-hybridized carbons (Fsp3) is 1.00. The van der Waals surface area contributed by atoms with Gasteiger partial charge in [-0.05, 0) is 0 Å². The van der Waals surface area contributed by atoms with Gasteiger partial charge in [-0.25, -0.2) is 13.6 Å². The topological polar surface area (TPSA) is 48.0 Å². The van der Waals surface area contributed by atoms with E-state index in [9.17, 15) is 22.1 Å². The van der Waals surface area contributed by atoms with Crippen LogP contribution in [0.3, 0.4) is 0 Å². The maximum absolute atomic E-state index is 12.1. The predicted octanol–water partition coefficient (Wildman–Crippen LogP) is 1.99. The summed E-state index contributed by atoms with van der Waals surface area (Å²) in [7, 11) is -4.11. The molecule has 1 unspecified atom stereocenters. The maximum Gasteiger partial charge on any atom is 0.412 e. The fourth-order valence-corrected chi connectivity index (χ4v) is 2.97. The molecule has 0 aromatic rings. The monoisotopic (exact) mass is 295 g/mol. The first kappa shape index (κ1) is 15.8. The smallest absolute Gasteiger partial charge is 0.379 e. The number of halogens is 4. The van der Waals surface area contributed by atoms with Crippen LogP contribution in [0.4, 0.5) is 17.6 Å².